The van der Waals surface area contributed by atoms with Crippen LogP contribution in [0.4, 0.5) is 0 Å². The molecule has 2 amide bonds. The summed E-state index contributed by atoms with van der Waals surface area (Å²) in [7, 11) is 7.87. The van der Waals surface area contributed by atoms with Crippen LogP contribution in [0.5, 0.6) is 11.5 Å². The van der Waals surface area contributed by atoms with Crippen molar-refractivity contribution in [1.29, 1.82) is 0 Å². The number of carbonyl (C=O) groups is 2. The summed E-state index contributed by atoms with van der Waals surface area (Å²) in [6.45, 7) is 16.6. The fourth-order valence-corrected chi connectivity index (χ4v) is 4.83. The molecule has 2 N–H and O–H groups in total. The molecule has 0 heterocycles. The molecule has 0 atom stereocenters. The first-order valence-corrected chi connectivity index (χ1v) is 15.0. The van der Waals surface area contributed by atoms with Crippen molar-refractivity contribution in [2.24, 2.45) is 0 Å². The number of carbonyl (C=O) groups excluding carboxylic acids is 2. The number of benzene rings is 2. The van der Waals surface area contributed by atoms with Crippen LogP contribution in [0.15, 0.2) is 49.1 Å². The molecule has 0 unspecified atom stereocenters. The van der Waals surface area contributed by atoms with Gasteiger partial charge in [0.2, 0.25) is 0 Å². The number of ether oxygens (including phenoxy) is 2. The van der Waals surface area contributed by atoms with E-state index in [1.165, 1.54) is 0 Å². The van der Waals surface area contributed by atoms with E-state index in [-0.39, 0.29) is 25.0 Å². The van der Waals surface area contributed by atoms with Gasteiger partial charge in [0.25, 0.3) is 11.8 Å². The molecule has 0 bridgehead atoms. The number of amides is 2. The lowest BCUT2D eigenvalue weighted by Gasteiger charge is -2.20. The lowest BCUT2D eigenvalue weighted by molar-refractivity contribution is -0.123. The fraction of sp³-hybridized carbons (Fsp3) is 0.486. The van der Waals surface area contributed by atoms with Crippen LogP contribution in [0.3, 0.4) is 0 Å². The molecule has 8 heteroatoms. The molecule has 0 saturated heterocycles. The van der Waals surface area contributed by atoms with Gasteiger partial charge in [-0.05, 0) is 94.7 Å². The van der Waals surface area contributed by atoms with Gasteiger partial charge >= 0.3 is 0 Å². The fourth-order valence-electron chi connectivity index (χ4n) is 4.83. The molecule has 0 fully saturated rings. The van der Waals surface area contributed by atoms with Crippen molar-refractivity contribution in [3.05, 3.63) is 82.5 Å². The Morgan fingerprint density at radius 2 is 1.35 bits per heavy atom. The van der Waals surface area contributed by atoms with Gasteiger partial charge in [0.15, 0.2) is 13.2 Å². The number of nitrogens with zero attached hydrogens (tertiary/aromatic N) is 2. The molecule has 0 aliphatic carbocycles. The Morgan fingerprint density at radius 3 is 1.86 bits per heavy atom. The van der Waals surface area contributed by atoms with Crippen LogP contribution in [0.2, 0.25) is 0 Å². The molecule has 2 aromatic carbocycles. The highest BCUT2D eigenvalue weighted by Crippen LogP contribution is 2.34. The Hall–Kier alpha value is -3.62. The van der Waals surface area contributed by atoms with E-state index in [2.05, 4.69) is 55.0 Å². The third-order valence-corrected chi connectivity index (χ3v) is 6.82. The van der Waals surface area contributed by atoms with Gasteiger partial charge in [0.05, 0.1) is 0 Å². The summed E-state index contributed by atoms with van der Waals surface area (Å²) in [5.74, 6) is 1.08. The topological polar surface area (TPSA) is 83.1 Å². The Morgan fingerprint density at radius 1 is 0.837 bits per heavy atom. The standard InChI is InChI=1S/C35H52N4O4/c1-10-12-27-18-26(5)34(42-23-32(40)36-13-15-38(6)7)30(19-27)22-31-21-28(17-25(3)4)20-29(11-2)35(31)43-24-33(41)37-14-16-39(8)9/h10,18-21H,1,3,11-17,22-24H2,2,4-9H3,(H,36,40)(H,37,41). The smallest absolute Gasteiger partial charge is 0.257 e. The average Bonchev–Trinajstić information content (AvgIpc) is 2.91. The van der Waals surface area contributed by atoms with E-state index >= 15 is 0 Å². The number of rotatable bonds is 19. The molecule has 0 aromatic heterocycles. The largest absolute Gasteiger partial charge is 0.483 e. The molecule has 0 aliphatic heterocycles. The monoisotopic (exact) mass is 592 g/mol. The quantitative estimate of drug-likeness (QED) is 0.239. The van der Waals surface area contributed by atoms with Crippen LogP contribution >= 0.6 is 0 Å². The second-order valence-electron chi connectivity index (χ2n) is 11.7. The molecular weight excluding hydrogens is 540 g/mol. The summed E-state index contributed by atoms with van der Waals surface area (Å²) in [6, 6.07) is 8.48. The van der Waals surface area contributed by atoms with E-state index in [0.717, 1.165) is 70.6 Å². The van der Waals surface area contributed by atoms with E-state index in [1.54, 1.807) is 0 Å². The number of hydrogen-bond acceptors (Lipinski definition) is 6. The molecule has 2 aromatic rings. The number of hydrogen-bond donors (Lipinski definition) is 2. The number of allylic oxidation sites excluding steroid dienone is 2. The maximum absolute atomic E-state index is 12.6. The van der Waals surface area contributed by atoms with Crippen LogP contribution in [0.25, 0.3) is 0 Å². The van der Waals surface area contributed by atoms with Crippen molar-refractivity contribution in [3.63, 3.8) is 0 Å². The van der Waals surface area contributed by atoms with Gasteiger partial charge in [-0.25, -0.2) is 0 Å². The van der Waals surface area contributed by atoms with Crippen molar-refractivity contribution in [2.75, 3.05) is 67.6 Å². The van der Waals surface area contributed by atoms with Crippen molar-refractivity contribution in [2.45, 2.75) is 46.5 Å². The minimum atomic E-state index is -0.164. The van der Waals surface area contributed by atoms with Crippen LogP contribution in [0, 0.1) is 6.92 Å². The van der Waals surface area contributed by atoms with Crippen molar-refractivity contribution >= 4 is 11.8 Å². The lowest BCUT2D eigenvalue weighted by atomic mass is 9.92. The predicted molar refractivity (Wildman–Crippen MR) is 176 cm³/mol. The molecule has 0 saturated carbocycles. The highest BCUT2D eigenvalue weighted by Gasteiger charge is 2.18. The van der Waals surface area contributed by atoms with Crippen molar-refractivity contribution in [3.8, 4) is 11.5 Å². The molecular formula is C35H52N4O4. The average molecular weight is 593 g/mol. The van der Waals surface area contributed by atoms with Gasteiger partial charge in [0, 0.05) is 32.6 Å². The summed E-state index contributed by atoms with van der Waals surface area (Å²) in [4.78, 5) is 29.2. The van der Waals surface area contributed by atoms with Crippen molar-refractivity contribution in [1.82, 2.24) is 20.4 Å². The Balaban J connectivity index is 2.45. The van der Waals surface area contributed by atoms with Crippen molar-refractivity contribution < 1.29 is 19.1 Å². The molecule has 236 valence electrons. The first-order chi connectivity index (χ1) is 20.4. The highest BCUT2D eigenvalue weighted by atomic mass is 16.5. The van der Waals surface area contributed by atoms with E-state index < -0.39 is 0 Å². The van der Waals surface area contributed by atoms with E-state index in [0.29, 0.717) is 31.7 Å². The molecule has 43 heavy (non-hydrogen) atoms. The van der Waals surface area contributed by atoms with E-state index in [4.69, 9.17) is 9.47 Å². The molecule has 0 spiro atoms. The predicted octanol–water partition coefficient (Wildman–Crippen LogP) is 4.11. The van der Waals surface area contributed by atoms with Gasteiger partial charge in [-0.3, -0.25) is 9.59 Å². The second-order valence-corrected chi connectivity index (χ2v) is 11.7. The van der Waals surface area contributed by atoms with Crippen LogP contribution < -0.4 is 20.1 Å². The molecule has 0 radical (unpaired) electrons. The summed E-state index contributed by atoms with van der Waals surface area (Å²) >= 11 is 0. The number of aryl methyl sites for hydroxylation is 2. The Bertz CT molecular complexity index is 1250. The lowest BCUT2D eigenvalue weighted by Crippen LogP contribution is -2.34. The van der Waals surface area contributed by atoms with E-state index in [1.807, 2.05) is 57.9 Å². The Kier molecular flexibility index (Phi) is 15.0. The number of likely N-dealkylation sites (N-methyl/N-ethyl adjacent to an activating group) is 2. The number of nitrogens with one attached hydrogen (secondary N) is 2. The minimum absolute atomic E-state index is 0.0702. The maximum atomic E-state index is 12.6. The van der Waals surface area contributed by atoms with Gasteiger partial charge in [-0.1, -0.05) is 49.4 Å². The third-order valence-electron chi connectivity index (χ3n) is 6.82. The molecule has 2 rings (SSSR count). The zero-order chi connectivity index (χ0) is 31.9. The second kappa shape index (κ2) is 18.1. The Labute approximate surface area is 259 Å². The summed E-state index contributed by atoms with van der Waals surface area (Å²) in [5, 5.41) is 5.84. The third kappa shape index (κ3) is 12.6. The summed E-state index contributed by atoms with van der Waals surface area (Å²) in [6.07, 6.45) is 4.60. The van der Waals surface area contributed by atoms with Gasteiger partial charge in [0.1, 0.15) is 11.5 Å². The van der Waals surface area contributed by atoms with Gasteiger partial charge < -0.3 is 29.9 Å². The highest BCUT2D eigenvalue weighted by molar-refractivity contribution is 5.78. The van der Waals surface area contributed by atoms with Gasteiger partial charge in [-0.2, -0.15) is 0 Å². The normalized spacial score (nSPS) is 11.0. The maximum Gasteiger partial charge on any atom is 0.257 e. The minimum Gasteiger partial charge on any atom is -0.483 e. The first-order valence-electron chi connectivity index (χ1n) is 15.0. The molecule has 0 aliphatic rings. The zero-order valence-corrected chi connectivity index (χ0v) is 27.4. The zero-order valence-electron chi connectivity index (χ0n) is 27.4. The SMILES string of the molecule is C=CCc1cc(C)c(OCC(=O)NCCN(C)C)c(Cc2cc(CC(=C)C)cc(CC)c2OCC(=O)NCCN(C)C)c1. The van der Waals surface area contributed by atoms with Crippen LogP contribution in [0.1, 0.15) is 47.2 Å². The summed E-state index contributed by atoms with van der Waals surface area (Å²) < 4.78 is 12.4. The molecule has 8 nitrogen and oxygen atoms in total. The van der Waals surface area contributed by atoms with Crippen LogP contribution in [-0.2, 0) is 35.3 Å². The summed E-state index contributed by atoms with van der Waals surface area (Å²) in [5.41, 5.74) is 7.23. The van der Waals surface area contributed by atoms with Gasteiger partial charge in [-0.15, -0.1) is 6.58 Å². The first kappa shape index (κ1) is 35.6. The van der Waals surface area contributed by atoms with Crippen LogP contribution in [-0.4, -0.2) is 89.2 Å². The van der Waals surface area contributed by atoms with E-state index in [9.17, 15) is 9.59 Å².